The van der Waals surface area contributed by atoms with Crippen molar-refractivity contribution in [2.75, 3.05) is 7.11 Å². The first kappa shape index (κ1) is 13.4. The molecule has 4 nitrogen and oxygen atoms in total. The summed E-state index contributed by atoms with van der Waals surface area (Å²) in [7, 11) is 1.33. The maximum atomic E-state index is 10.9. The van der Waals surface area contributed by atoms with Crippen molar-refractivity contribution >= 4 is 5.97 Å². The number of ether oxygens (including phenoxy) is 1. The molecule has 1 N–H and O–H groups in total. The Hall–Kier alpha value is -0.610. The van der Waals surface area contributed by atoms with E-state index in [4.69, 9.17) is 5.26 Å². The van der Waals surface area contributed by atoms with Crippen LogP contribution in [0, 0.1) is 0 Å². The molecule has 84 valence electrons. The van der Waals surface area contributed by atoms with E-state index in [0.717, 1.165) is 12.8 Å². The van der Waals surface area contributed by atoms with Gasteiger partial charge in [-0.25, -0.2) is 4.89 Å². The van der Waals surface area contributed by atoms with Gasteiger partial charge in [-0.2, -0.15) is 0 Å². The predicted molar refractivity (Wildman–Crippen MR) is 52.9 cm³/mol. The van der Waals surface area contributed by atoms with Gasteiger partial charge in [0, 0.05) is 0 Å². The Bertz CT molecular complexity index is 147. The molecule has 0 aromatic heterocycles. The first-order valence-electron chi connectivity index (χ1n) is 5.11. The molecule has 0 aliphatic heterocycles. The highest BCUT2D eigenvalue weighted by Crippen LogP contribution is 2.10. The smallest absolute Gasteiger partial charge is 0.308 e. The molecule has 4 heteroatoms. The van der Waals surface area contributed by atoms with Crippen LogP contribution in [-0.2, 0) is 14.4 Å². The zero-order valence-corrected chi connectivity index (χ0v) is 8.99. The van der Waals surface area contributed by atoms with Crippen LogP contribution in [-0.4, -0.2) is 24.4 Å². The molecule has 0 aromatic carbocycles. The van der Waals surface area contributed by atoms with E-state index < -0.39 is 6.10 Å². The lowest BCUT2D eigenvalue weighted by Gasteiger charge is -2.11. The van der Waals surface area contributed by atoms with Crippen LogP contribution in [0.15, 0.2) is 0 Å². The monoisotopic (exact) mass is 204 g/mol. The number of esters is 1. The maximum Gasteiger partial charge on any atom is 0.308 e. The zero-order chi connectivity index (χ0) is 10.8. The summed E-state index contributed by atoms with van der Waals surface area (Å²) in [4.78, 5) is 15.1. The van der Waals surface area contributed by atoms with Gasteiger partial charge in [-0.3, -0.25) is 10.1 Å². The second-order valence-corrected chi connectivity index (χ2v) is 3.36. The summed E-state index contributed by atoms with van der Waals surface area (Å²) in [6, 6.07) is 0. The summed E-state index contributed by atoms with van der Waals surface area (Å²) >= 11 is 0. The Morgan fingerprint density at radius 3 is 2.57 bits per heavy atom. The van der Waals surface area contributed by atoms with Gasteiger partial charge < -0.3 is 4.74 Å². The second-order valence-electron chi connectivity index (χ2n) is 3.36. The van der Waals surface area contributed by atoms with Crippen molar-refractivity contribution in [1.29, 1.82) is 0 Å². The number of hydrogen-bond donors (Lipinski definition) is 1. The molecule has 0 radical (unpaired) electrons. The number of rotatable bonds is 8. The summed E-state index contributed by atoms with van der Waals surface area (Å²) in [5.74, 6) is -0.348. The Kier molecular flexibility index (Phi) is 8.57. The van der Waals surface area contributed by atoms with E-state index in [-0.39, 0.29) is 12.4 Å². The van der Waals surface area contributed by atoms with Gasteiger partial charge in [-0.1, -0.05) is 32.6 Å². The summed E-state index contributed by atoms with van der Waals surface area (Å²) in [5, 5.41) is 8.52. The Morgan fingerprint density at radius 1 is 1.36 bits per heavy atom. The highest BCUT2D eigenvalue weighted by atomic mass is 17.1. The molecule has 1 unspecified atom stereocenters. The minimum atomic E-state index is -0.417. The summed E-state index contributed by atoms with van der Waals surface area (Å²) in [6.07, 6.45) is 4.83. The maximum absolute atomic E-state index is 10.9. The van der Waals surface area contributed by atoms with Crippen molar-refractivity contribution in [3.05, 3.63) is 0 Å². The Balaban J connectivity index is 3.52. The lowest BCUT2D eigenvalue weighted by Crippen LogP contribution is -2.17. The molecule has 0 aromatic rings. The van der Waals surface area contributed by atoms with Crippen LogP contribution in [0.1, 0.15) is 45.4 Å². The van der Waals surface area contributed by atoms with E-state index in [9.17, 15) is 4.79 Å². The van der Waals surface area contributed by atoms with Crippen molar-refractivity contribution in [2.24, 2.45) is 0 Å². The van der Waals surface area contributed by atoms with Crippen molar-refractivity contribution in [2.45, 2.75) is 51.6 Å². The number of carbonyl (C=O) groups excluding carboxylic acids is 1. The van der Waals surface area contributed by atoms with Crippen LogP contribution in [0.2, 0.25) is 0 Å². The summed E-state index contributed by atoms with van der Waals surface area (Å²) in [6.45, 7) is 2.13. The molecular weight excluding hydrogens is 184 g/mol. The van der Waals surface area contributed by atoms with Crippen molar-refractivity contribution in [3.63, 3.8) is 0 Å². The van der Waals surface area contributed by atoms with Gasteiger partial charge >= 0.3 is 5.97 Å². The first-order chi connectivity index (χ1) is 6.74. The third-order valence-electron chi connectivity index (χ3n) is 2.15. The molecule has 0 aliphatic rings. The normalized spacial score (nSPS) is 12.5. The Labute approximate surface area is 85.1 Å². The van der Waals surface area contributed by atoms with Crippen LogP contribution in [0.4, 0.5) is 0 Å². The molecule has 0 bridgehead atoms. The van der Waals surface area contributed by atoms with E-state index in [1.165, 1.54) is 20.0 Å². The molecule has 1 atom stereocenters. The van der Waals surface area contributed by atoms with Gasteiger partial charge in [0.2, 0.25) is 0 Å². The van der Waals surface area contributed by atoms with Crippen molar-refractivity contribution < 1.29 is 19.7 Å². The largest absolute Gasteiger partial charge is 0.469 e. The standard InChI is InChI=1S/C10H20O4/c1-3-4-5-6-7-9(14-12)8-10(11)13-2/h9,12H,3-8H2,1-2H3. The second kappa shape index (κ2) is 8.97. The van der Waals surface area contributed by atoms with Gasteiger partial charge in [0.05, 0.1) is 13.5 Å². The van der Waals surface area contributed by atoms with Crippen LogP contribution in [0.25, 0.3) is 0 Å². The lowest BCUT2D eigenvalue weighted by atomic mass is 10.1. The minimum Gasteiger partial charge on any atom is -0.469 e. The number of hydrogen-bond acceptors (Lipinski definition) is 4. The minimum absolute atomic E-state index is 0.124. The number of methoxy groups -OCH3 is 1. The van der Waals surface area contributed by atoms with Crippen molar-refractivity contribution in [3.8, 4) is 0 Å². The van der Waals surface area contributed by atoms with Gasteiger partial charge in [0.25, 0.3) is 0 Å². The third-order valence-corrected chi connectivity index (χ3v) is 2.15. The quantitative estimate of drug-likeness (QED) is 0.285. The SMILES string of the molecule is CCCCCCC(CC(=O)OC)OO. The summed E-state index contributed by atoms with van der Waals surface area (Å²) in [5.41, 5.74) is 0. The zero-order valence-electron chi connectivity index (χ0n) is 8.99. The first-order valence-corrected chi connectivity index (χ1v) is 5.11. The molecule has 0 spiro atoms. The van der Waals surface area contributed by atoms with Gasteiger partial charge in [0.15, 0.2) is 0 Å². The summed E-state index contributed by atoms with van der Waals surface area (Å²) < 4.78 is 4.48. The van der Waals surface area contributed by atoms with Gasteiger partial charge in [-0.05, 0) is 6.42 Å². The van der Waals surface area contributed by atoms with Crippen LogP contribution in [0.5, 0.6) is 0 Å². The fraction of sp³-hybridized carbons (Fsp3) is 0.900. The average molecular weight is 204 g/mol. The molecule has 0 fully saturated rings. The van der Waals surface area contributed by atoms with E-state index in [2.05, 4.69) is 16.5 Å². The number of carbonyl (C=O) groups is 1. The van der Waals surface area contributed by atoms with E-state index >= 15 is 0 Å². The van der Waals surface area contributed by atoms with E-state index in [1.807, 2.05) is 0 Å². The average Bonchev–Trinajstić information content (AvgIpc) is 2.22. The molecule has 0 heterocycles. The number of unbranched alkanes of at least 4 members (excludes halogenated alkanes) is 3. The predicted octanol–water partition coefficient (Wildman–Crippen LogP) is 2.38. The van der Waals surface area contributed by atoms with E-state index in [0.29, 0.717) is 6.42 Å². The fourth-order valence-corrected chi connectivity index (χ4v) is 1.26. The molecule has 0 saturated carbocycles. The molecule has 0 saturated heterocycles. The van der Waals surface area contributed by atoms with Crippen LogP contribution in [0.3, 0.4) is 0 Å². The molecule has 14 heavy (non-hydrogen) atoms. The van der Waals surface area contributed by atoms with Crippen molar-refractivity contribution in [1.82, 2.24) is 0 Å². The molecule has 0 amide bonds. The molecular formula is C10H20O4. The topological polar surface area (TPSA) is 55.8 Å². The van der Waals surface area contributed by atoms with Gasteiger partial charge in [0.1, 0.15) is 6.10 Å². The fourth-order valence-electron chi connectivity index (χ4n) is 1.26. The Morgan fingerprint density at radius 2 is 2.07 bits per heavy atom. The van der Waals surface area contributed by atoms with E-state index in [1.54, 1.807) is 0 Å². The van der Waals surface area contributed by atoms with Crippen LogP contribution >= 0.6 is 0 Å². The highest BCUT2D eigenvalue weighted by molar-refractivity contribution is 5.69. The molecule has 0 aliphatic carbocycles. The lowest BCUT2D eigenvalue weighted by molar-refractivity contribution is -0.280. The van der Waals surface area contributed by atoms with Gasteiger partial charge in [-0.15, -0.1) is 0 Å². The highest BCUT2D eigenvalue weighted by Gasteiger charge is 2.14. The van der Waals surface area contributed by atoms with Crippen LogP contribution < -0.4 is 0 Å². The third kappa shape index (κ3) is 6.86. The molecule has 0 rings (SSSR count).